The average molecular weight is 126 g/mol. The lowest BCUT2D eigenvalue weighted by atomic mass is 10.2. The van der Waals surface area contributed by atoms with E-state index < -0.39 is 0 Å². The summed E-state index contributed by atoms with van der Waals surface area (Å²) in [5.74, 6) is 0.754. The van der Waals surface area contributed by atoms with Crippen molar-refractivity contribution in [2.45, 2.75) is 26.7 Å². The van der Waals surface area contributed by atoms with Gasteiger partial charge in [-0.25, -0.2) is 0 Å². The van der Waals surface area contributed by atoms with E-state index in [4.69, 9.17) is 4.74 Å². The van der Waals surface area contributed by atoms with Gasteiger partial charge >= 0.3 is 5.97 Å². The van der Waals surface area contributed by atoms with Crippen LogP contribution in [0.4, 0.5) is 0 Å². The fourth-order valence-corrected chi connectivity index (χ4v) is 0.950. The Bertz CT molecular complexity index is 168. The fourth-order valence-electron chi connectivity index (χ4n) is 0.950. The van der Waals surface area contributed by atoms with Gasteiger partial charge in [0.2, 0.25) is 0 Å². The van der Waals surface area contributed by atoms with E-state index in [0.717, 1.165) is 17.8 Å². The van der Waals surface area contributed by atoms with Gasteiger partial charge in [-0.05, 0) is 12.5 Å². The van der Waals surface area contributed by atoms with Crippen LogP contribution in [-0.2, 0) is 9.53 Å². The predicted octanol–water partition coefficient (Wildman–Crippen LogP) is 1.62. The molecule has 0 aliphatic carbocycles. The highest BCUT2D eigenvalue weighted by Crippen LogP contribution is 2.21. The quantitative estimate of drug-likeness (QED) is 0.499. The SMILES string of the molecule is CCC1=C(C)CC(=O)O1. The Labute approximate surface area is 54.5 Å². The van der Waals surface area contributed by atoms with Gasteiger partial charge in [0, 0.05) is 6.42 Å². The highest BCUT2D eigenvalue weighted by molar-refractivity contribution is 5.76. The first-order valence-electron chi connectivity index (χ1n) is 3.13. The average Bonchev–Trinajstić information content (AvgIpc) is 2.10. The summed E-state index contributed by atoms with van der Waals surface area (Å²) in [4.78, 5) is 10.6. The largest absolute Gasteiger partial charge is 0.431 e. The molecule has 2 nitrogen and oxygen atoms in total. The van der Waals surface area contributed by atoms with Crippen molar-refractivity contribution < 1.29 is 9.53 Å². The van der Waals surface area contributed by atoms with E-state index in [-0.39, 0.29) is 5.97 Å². The van der Waals surface area contributed by atoms with Gasteiger partial charge in [0.05, 0.1) is 6.42 Å². The predicted molar refractivity (Wildman–Crippen MR) is 33.7 cm³/mol. The first kappa shape index (κ1) is 6.33. The van der Waals surface area contributed by atoms with Crippen molar-refractivity contribution in [2.24, 2.45) is 0 Å². The molecular formula is C7H10O2. The summed E-state index contributed by atoms with van der Waals surface area (Å²) in [6.07, 6.45) is 1.32. The standard InChI is InChI=1S/C7H10O2/c1-3-6-5(2)4-7(8)9-6/h3-4H2,1-2H3. The Morgan fingerprint density at radius 3 is 2.56 bits per heavy atom. The van der Waals surface area contributed by atoms with Gasteiger partial charge in [-0.15, -0.1) is 0 Å². The fraction of sp³-hybridized carbons (Fsp3) is 0.571. The van der Waals surface area contributed by atoms with Crippen LogP contribution in [0.3, 0.4) is 0 Å². The molecule has 1 rings (SSSR count). The molecule has 2 heteroatoms. The van der Waals surface area contributed by atoms with Crippen LogP contribution in [-0.4, -0.2) is 5.97 Å². The molecular weight excluding hydrogens is 116 g/mol. The van der Waals surface area contributed by atoms with Gasteiger partial charge in [0.15, 0.2) is 0 Å². The van der Waals surface area contributed by atoms with E-state index in [1.54, 1.807) is 0 Å². The molecule has 9 heavy (non-hydrogen) atoms. The van der Waals surface area contributed by atoms with Crippen LogP contribution in [0.1, 0.15) is 26.7 Å². The highest BCUT2D eigenvalue weighted by Gasteiger charge is 2.17. The summed E-state index contributed by atoms with van der Waals surface area (Å²) in [6.45, 7) is 3.92. The van der Waals surface area contributed by atoms with Crippen molar-refractivity contribution >= 4 is 5.97 Å². The molecule has 0 atom stereocenters. The normalized spacial score (nSPS) is 18.7. The van der Waals surface area contributed by atoms with Crippen molar-refractivity contribution in [2.75, 3.05) is 0 Å². The van der Waals surface area contributed by atoms with Crippen LogP contribution < -0.4 is 0 Å². The smallest absolute Gasteiger partial charge is 0.315 e. The summed E-state index contributed by atoms with van der Waals surface area (Å²) >= 11 is 0. The zero-order valence-corrected chi connectivity index (χ0v) is 5.73. The Morgan fingerprint density at radius 1 is 1.67 bits per heavy atom. The molecule has 0 aromatic carbocycles. The van der Waals surface area contributed by atoms with Crippen LogP contribution in [0.25, 0.3) is 0 Å². The first-order valence-corrected chi connectivity index (χ1v) is 3.13. The van der Waals surface area contributed by atoms with Crippen LogP contribution in [0.2, 0.25) is 0 Å². The molecule has 0 unspecified atom stereocenters. The highest BCUT2D eigenvalue weighted by atomic mass is 16.5. The monoisotopic (exact) mass is 126 g/mol. The lowest BCUT2D eigenvalue weighted by Crippen LogP contribution is -1.92. The van der Waals surface area contributed by atoms with Crippen molar-refractivity contribution in [1.29, 1.82) is 0 Å². The second-order valence-corrected chi connectivity index (χ2v) is 2.21. The number of esters is 1. The van der Waals surface area contributed by atoms with E-state index in [1.807, 2.05) is 13.8 Å². The maximum Gasteiger partial charge on any atom is 0.315 e. The Morgan fingerprint density at radius 2 is 2.33 bits per heavy atom. The minimum Gasteiger partial charge on any atom is -0.431 e. The summed E-state index contributed by atoms with van der Waals surface area (Å²) in [5.41, 5.74) is 1.09. The Hall–Kier alpha value is -0.790. The molecule has 0 radical (unpaired) electrons. The van der Waals surface area contributed by atoms with Gasteiger partial charge in [-0.1, -0.05) is 6.92 Å². The van der Waals surface area contributed by atoms with E-state index in [9.17, 15) is 4.79 Å². The number of hydrogen-bond donors (Lipinski definition) is 0. The molecule has 0 N–H and O–H groups in total. The molecule has 0 aromatic rings. The second-order valence-electron chi connectivity index (χ2n) is 2.21. The molecule has 0 fully saturated rings. The molecule has 0 saturated carbocycles. The van der Waals surface area contributed by atoms with E-state index in [2.05, 4.69) is 0 Å². The third kappa shape index (κ3) is 1.12. The number of hydrogen-bond acceptors (Lipinski definition) is 2. The van der Waals surface area contributed by atoms with Crippen molar-refractivity contribution in [3.63, 3.8) is 0 Å². The molecule has 1 heterocycles. The lowest BCUT2D eigenvalue weighted by Gasteiger charge is -1.95. The number of allylic oxidation sites excluding steroid dienone is 1. The second kappa shape index (κ2) is 2.21. The molecule has 0 saturated heterocycles. The Kier molecular flexibility index (Phi) is 1.56. The van der Waals surface area contributed by atoms with Gasteiger partial charge in [0.25, 0.3) is 0 Å². The van der Waals surface area contributed by atoms with Crippen molar-refractivity contribution in [3.8, 4) is 0 Å². The zero-order valence-electron chi connectivity index (χ0n) is 5.73. The molecule has 50 valence electrons. The van der Waals surface area contributed by atoms with Crippen LogP contribution >= 0.6 is 0 Å². The van der Waals surface area contributed by atoms with Crippen LogP contribution in [0.15, 0.2) is 11.3 Å². The number of rotatable bonds is 1. The van der Waals surface area contributed by atoms with Crippen molar-refractivity contribution in [3.05, 3.63) is 11.3 Å². The minimum absolute atomic E-state index is 0.107. The molecule has 1 aliphatic heterocycles. The maximum atomic E-state index is 10.6. The molecule has 0 bridgehead atoms. The topological polar surface area (TPSA) is 26.3 Å². The van der Waals surface area contributed by atoms with Gasteiger partial charge in [0.1, 0.15) is 5.76 Å². The summed E-state index contributed by atoms with van der Waals surface area (Å²) < 4.78 is 4.86. The van der Waals surface area contributed by atoms with Gasteiger partial charge < -0.3 is 4.74 Å². The maximum absolute atomic E-state index is 10.6. The van der Waals surface area contributed by atoms with E-state index in [0.29, 0.717) is 6.42 Å². The van der Waals surface area contributed by atoms with E-state index >= 15 is 0 Å². The third-order valence-corrected chi connectivity index (χ3v) is 1.44. The summed E-state index contributed by atoms with van der Waals surface area (Å²) in [6, 6.07) is 0. The number of ether oxygens (including phenoxy) is 1. The van der Waals surface area contributed by atoms with Gasteiger partial charge in [-0.3, -0.25) is 4.79 Å². The van der Waals surface area contributed by atoms with Crippen LogP contribution in [0.5, 0.6) is 0 Å². The zero-order chi connectivity index (χ0) is 6.85. The molecule has 0 spiro atoms. The number of carbonyl (C=O) groups excluding carboxylic acids is 1. The number of cyclic esters (lactones) is 1. The minimum atomic E-state index is -0.107. The molecule has 0 aromatic heterocycles. The lowest BCUT2D eigenvalue weighted by molar-refractivity contribution is -0.136. The molecule has 0 amide bonds. The first-order chi connectivity index (χ1) is 4.24. The third-order valence-electron chi connectivity index (χ3n) is 1.44. The summed E-state index contributed by atoms with van der Waals surface area (Å²) in [7, 11) is 0. The summed E-state index contributed by atoms with van der Waals surface area (Å²) in [5, 5.41) is 0. The van der Waals surface area contributed by atoms with Gasteiger partial charge in [-0.2, -0.15) is 0 Å². The number of carbonyl (C=O) groups is 1. The van der Waals surface area contributed by atoms with Crippen molar-refractivity contribution in [1.82, 2.24) is 0 Å². The van der Waals surface area contributed by atoms with Crippen LogP contribution in [0, 0.1) is 0 Å². The van der Waals surface area contributed by atoms with E-state index in [1.165, 1.54) is 0 Å². The molecule has 1 aliphatic rings. The Balaban J connectivity index is 2.69.